The van der Waals surface area contributed by atoms with E-state index in [9.17, 15) is 14.9 Å². The molecule has 0 atom stereocenters. The number of hydrogen-bond donors (Lipinski definition) is 0. The van der Waals surface area contributed by atoms with Crippen LogP contribution in [0.2, 0.25) is 19.6 Å². The van der Waals surface area contributed by atoms with E-state index in [1.54, 1.807) is 16.7 Å². The average Bonchev–Trinajstić information content (AvgIpc) is 2.15. The van der Waals surface area contributed by atoms with Crippen molar-refractivity contribution in [2.45, 2.75) is 26.6 Å². The molecule has 92 valence electrons. The third kappa shape index (κ3) is 3.13. The quantitative estimate of drug-likeness (QED) is 0.472. The van der Waals surface area contributed by atoms with Crippen molar-refractivity contribution in [3.05, 3.63) is 34.4 Å². The topological polar surface area (TPSA) is 63.5 Å². The average molecular weight is 252 g/mol. The Kier molecular flexibility index (Phi) is 3.67. The van der Waals surface area contributed by atoms with Gasteiger partial charge in [0.25, 0.3) is 5.69 Å². The third-order valence-electron chi connectivity index (χ3n) is 2.30. The first-order valence-corrected chi connectivity index (χ1v) is 8.73. The first-order chi connectivity index (χ1) is 7.73. The molecule has 6 heteroatoms. The monoisotopic (exact) mass is 252 g/mol. The van der Waals surface area contributed by atoms with E-state index < -0.39 is 13.2 Å². The molecule has 0 spiro atoms. The van der Waals surface area contributed by atoms with E-state index >= 15 is 0 Å². The zero-order chi connectivity index (χ0) is 13.2. The number of hydrogen-bond acceptors (Lipinski definition) is 3. The smallest absolute Gasteiger partial charge is 0.269 e. The second-order valence-corrected chi connectivity index (χ2v) is 9.59. The molecule has 0 saturated heterocycles. The van der Waals surface area contributed by atoms with E-state index in [2.05, 4.69) is 19.6 Å². The highest BCUT2D eigenvalue weighted by Crippen LogP contribution is 2.24. The van der Waals surface area contributed by atoms with Crippen molar-refractivity contribution in [1.82, 2.24) is 0 Å². The van der Waals surface area contributed by atoms with Gasteiger partial charge in [-0.1, -0.05) is 19.6 Å². The molecule has 0 saturated carbocycles. The minimum absolute atomic E-state index is 0.0296. The lowest BCUT2D eigenvalue weighted by molar-refractivity contribution is -0.384. The van der Waals surface area contributed by atoms with Crippen molar-refractivity contribution >= 4 is 25.5 Å². The maximum atomic E-state index is 11.6. The second-order valence-electron chi connectivity index (χ2n) is 4.80. The lowest BCUT2D eigenvalue weighted by Crippen LogP contribution is -2.49. The van der Waals surface area contributed by atoms with Crippen molar-refractivity contribution in [2.24, 2.45) is 0 Å². The van der Waals surface area contributed by atoms with Crippen LogP contribution in [0.1, 0.15) is 6.92 Å². The fourth-order valence-electron chi connectivity index (χ4n) is 1.76. The number of anilines is 1. The summed E-state index contributed by atoms with van der Waals surface area (Å²) in [4.78, 5) is 21.7. The van der Waals surface area contributed by atoms with Crippen LogP contribution in [0, 0.1) is 10.1 Å². The Morgan fingerprint density at radius 2 is 1.71 bits per heavy atom. The highest BCUT2D eigenvalue weighted by molar-refractivity contribution is 6.83. The largest absolute Gasteiger partial charge is 0.341 e. The number of carbonyl (C=O) groups is 1. The van der Waals surface area contributed by atoms with E-state index in [0.29, 0.717) is 0 Å². The van der Waals surface area contributed by atoms with Gasteiger partial charge in [-0.25, -0.2) is 0 Å². The van der Waals surface area contributed by atoms with Crippen LogP contribution in [0.15, 0.2) is 24.3 Å². The molecule has 17 heavy (non-hydrogen) atoms. The van der Waals surface area contributed by atoms with Gasteiger partial charge in [-0.2, -0.15) is 0 Å². The molecule has 0 fully saturated rings. The van der Waals surface area contributed by atoms with E-state index in [1.807, 2.05) is 0 Å². The highest BCUT2D eigenvalue weighted by atomic mass is 28.3. The van der Waals surface area contributed by atoms with Crippen LogP contribution in [0.5, 0.6) is 0 Å². The molecular weight excluding hydrogens is 236 g/mol. The van der Waals surface area contributed by atoms with Crippen LogP contribution >= 0.6 is 0 Å². The van der Waals surface area contributed by atoms with Gasteiger partial charge in [0.05, 0.1) is 4.92 Å². The van der Waals surface area contributed by atoms with Gasteiger partial charge < -0.3 is 4.57 Å². The Balaban J connectivity index is 3.13. The van der Waals surface area contributed by atoms with E-state index in [4.69, 9.17) is 0 Å². The van der Waals surface area contributed by atoms with Crippen LogP contribution < -0.4 is 4.57 Å². The molecular formula is C11H16N2O3Si. The molecule has 0 aliphatic carbocycles. The van der Waals surface area contributed by atoms with Gasteiger partial charge in [-0.3, -0.25) is 14.9 Å². The molecule has 0 aliphatic heterocycles. The first-order valence-electron chi connectivity index (χ1n) is 5.29. The normalized spacial score (nSPS) is 11.1. The van der Waals surface area contributed by atoms with Crippen LogP contribution in [-0.2, 0) is 4.79 Å². The summed E-state index contributed by atoms with van der Waals surface area (Å²) in [5.41, 5.74) is 0.759. The lowest BCUT2D eigenvalue weighted by Gasteiger charge is -2.33. The fourth-order valence-corrected chi connectivity index (χ4v) is 3.63. The number of amides is 1. The number of nitro benzene ring substituents is 1. The number of carbonyl (C=O) groups excluding carboxylic acids is 1. The Labute approximate surface area is 101 Å². The van der Waals surface area contributed by atoms with Gasteiger partial charge in [0.15, 0.2) is 8.24 Å². The number of nitro groups is 1. The molecule has 1 aromatic rings. The lowest BCUT2D eigenvalue weighted by atomic mass is 10.3. The van der Waals surface area contributed by atoms with Crippen LogP contribution in [0.3, 0.4) is 0 Å². The Morgan fingerprint density at radius 1 is 1.24 bits per heavy atom. The number of rotatable bonds is 3. The SMILES string of the molecule is CC(=O)N(c1ccc([N+](=O)[O-])cc1)[Si](C)(C)C. The predicted molar refractivity (Wildman–Crippen MR) is 69.6 cm³/mol. The molecule has 0 aliphatic rings. The molecule has 0 N–H and O–H groups in total. The minimum atomic E-state index is -1.82. The number of nitrogens with zero attached hydrogens (tertiary/aromatic N) is 2. The van der Waals surface area contributed by atoms with Gasteiger partial charge in [0, 0.05) is 24.7 Å². The predicted octanol–water partition coefficient (Wildman–Crippen LogP) is 2.78. The van der Waals surface area contributed by atoms with Crippen molar-refractivity contribution in [3.8, 4) is 0 Å². The number of benzene rings is 1. The molecule has 0 heterocycles. The molecule has 1 aromatic carbocycles. The highest BCUT2D eigenvalue weighted by Gasteiger charge is 2.27. The first kappa shape index (κ1) is 13.4. The van der Waals surface area contributed by atoms with Crippen LogP contribution in [0.4, 0.5) is 11.4 Å². The zero-order valence-corrected chi connectivity index (χ0v) is 11.4. The summed E-state index contributed by atoms with van der Waals surface area (Å²) < 4.78 is 1.75. The van der Waals surface area contributed by atoms with Crippen LogP contribution in [-0.4, -0.2) is 19.1 Å². The molecule has 0 bridgehead atoms. The van der Waals surface area contributed by atoms with Crippen molar-refractivity contribution in [2.75, 3.05) is 4.57 Å². The Bertz CT molecular complexity index is 437. The summed E-state index contributed by atoms with van der Waals surface area (Å²) in [6, 6.07) is 6.09. The van der Waals surface area contributed by atoms with E-state index in [1.165, 1.54) is 19.1 Å². The van der Waals surface area contributed by atoms with Gasteiger partial charge in [-0.05, 0) is 12.1 Å². The zero-order valence-electron chi connectivity index (χ0n) is 10.4. The Hall–Kier alpha value is -1.69. The minimum Gasteiger partial charge on any atom is -0.341 e. The standard InChI is InChI=1S/C11H16N2O3Si/c1-9(14)12(17(2,3)4)10-5-7-11(8-6-10)13(15)16/h5-8H,1-4H3. The summed E-state index contributed by atoms with van der Waals surface area (Å²) >= 11 is 0. The van der Waals surface area contributed by atoms with Crippen molar-refractivity contribution in [3.63, 3.8) is 0 Å². The molecule has 0 unspecified atom stereocenters. The molecule has 0 aromatic heterocycles. The van der Waals surface area contributed by atoms with Crippen LogP contribution in [0.25, 0.3) is 0 Å². The molecule has 1 amide bonds. The summed E-state index contributed by atoms with van der Waals surface area (Å²) in [5, 5.41) is 10.5. The van der Waals surface area contributed by atoms with E-state index in [-0.39, 0.29) is 11.6 Å². The van der Waals surface area contributed by atoms with Gasteiger partial charge in [0.1, 0.15) is 0 Å². The molecule has 0 radical (unpaired) electrons. The van der Waals surface area contributed by atoms with Crippen molar-refractivity contribution in [1.29, 1.82) is 0 Å². The Morgan fingerprint density at radius 3 is 2.00 bits per heavy atom. The summed E-state index contributed by atoms with van der Waals surface area (Å²) in [6.07, 6.45) is 0. The van der Waals surface area contributed by atoms with Gasteiger partial charge >= 0.3 is 0 Å². The van der Waals surface area contributed by atoms with Crippen molar-refractivity contribution < 1.29 is 9.72 Å². The van der Waals surface area contributed by atoms with E-state index in [0.717, 1.165) is 5.69 Å². The van der Waals surface area contributed by atoms with Gasteiger partial charge in [0.2, 0.25) is 5.91 Å². The fraction of sp³-hybridized carbons (Fsp3) is 0.364. The number of non-ortho nitro benzene ring substituents is 1. The van der Waals surface area contributed by atoms with Gasteiger partial charge in [-0.15, -0.1) is 0 Å². The summed E-state index contributed by atoms with van der Waals surface area (Å²) in [6.45, 7) is 7.67. The maximum Gasteiger partial charge on any atom is 0.269 e. The maximum absolute atomic E-state index is 11.6. The molecule has 5 nitrogen and oxygen atoms in total. The summed E-state index contributed by atoms with van der Waals surface area (Å²) in [7, 11) is -1.82. The third-order valence-corrected chi connectivity index (χ3v) is 4.22. The molecule has 1 rings (SSSR count). The second kappa shape index (κ2) is 4.66. The summed E-state index contributed by atoms with van der Waals surface area (Å²) in [5.74, 6) is -0.0296.